The van der Waals surface area contributed by atoms with Crippen molar-refractivity contribution >= 4 is 17.0 Å². The Morgan fingerprint density at radius 3 is 2.67 bits per heavy atom. The zero-order valence-corrected chi connectivity index (χ0v) is 11.9. The number of carboxylic acid groups (broad SMARTS) is 1. The number of imidazole rings is 1. The largest absolute Gasteiger partial charge is 0.481 e. The van der Waals surface area contributed by atoms with Crippen molar-refractivity contribution in [2.24, 2.45) is 5.41 Å². The highest BCUT2D eigenvalue weighted by Crippen LogP contribution is 2.38. The molecule has 0 unspecified atom stereocenters. The van der Waals surface area contributed by atoms with E-state index in [1.165, 1.54) is 12.1 Å². The Balaban J connectivity index is 1.91. The summed E-state index contributed by atoms with van der Waals surface area (Å²) < 4.78 is 13.2. The van der Waals surface area contributed by atoms with Crippen molar-refractivity contribution in [3.63, 3.8) is 0 Å². The van der Waals surface area contributed by atoms with Crippen molar-refractivity contribution in [3.8, 4) is 0 Å². The maximum atomic E-state index is 13.2. The second kappa shape index (κ2) is 5.47. The lowest BCUT2D eigenvalue weighted by Crippen LogP contribution is -2.33. The summed E-state index contributed by atoms with van der Waals surface area (Å²) in [5.41, 5.74) is 0.572. The van der Waals surface area contributed by atoms with E-state index in [1.54, 1.807) is 6.07 Å². The van der Waals surface area contributed by atoms with Crippen LogP contribution in [0.15, 0.2) is 18.2 Å². The highest BCUT2D eigenvalue weighted by atomic mass is 19.1. The van der Waals surface area contributed by atoms with Crippen LogP contribution in [0, 0.1) is 11.2 Å². The molecule has 2 aromatic rings. The molecule has 0 amide bonds. The van der Waals surface area contributed by atoms with Gasteiger partial charge >= 0.3 is 5.97 Å². The van der Waals surface area contributed by atoms with Gasteiger partial charge < -0.3 is 10.1 Å². The van der Waals surface area contributed by atoms with E-state index in [1.807, 2.05) is 0 Å². The summed E-state index contributed by atoms with van der Waals surface area (Å²) in [5.74, 6) is -0.420. The number of carbonyl (C=O) groups is 1. The minimum absolute atomic E-state index is 0.319. The first-order valence-corrected chi connectivity index (χ1v) is 7.47. The lowest BCUT2D eigenvalue weighted by molar-refractivity contribution is -0.150. The summed E-state index contributed by atoms with van der Waals surface area (Å²) in [4.78, 5) is 19.3. The van der Waals surface area contributed by atoms with E-state index in [0.717, 1.165) is 25.7 Å². The predicted octanol–water partition coefficient (Wildman–Crippen LogP) is 3.67. The van der Waals surface area contributed by atoms with Crippen LogP contribution in [0.25, 0.3) is 11.0 Å². The van der Waals surface area contributed by atoms with Crippen LogP contribution in [0.2, 0.25) is 0 Å². The van der Waals surface area contributed by atoms with Crippen LogP contribution >= 0.6 is 0 Å². The standard InChI is InChI=1S/C16H19FN2O2/c17-11-5-6-12-13(9-11)19-14(18-12)10-16(15(20)21)7-3-1-2-4-8-16/h5-6,9H,1-4,7-8,10H2,(H,18,19)(H,20,21). The molecule has 2 N–H and O–H groups in total. The number of H-pyrrole nitrogens is 1. The fourth-order valence-corrected chi connectivity index (χ4v) is 3.31. The van der Waals surface area contributed by atoms with Gasteiger partial charge in [0.15, 0.2) is 0 Å². The molecule has 112 valence electrons. The third-order valence-corrected chi connectivity index (χ3v) is 4.51. The molecule has 0 spiro atoms. The molecular formula is C16H19FN2O2. The van der Waals surface area contributed by atoms with Gasteiger partial charge in [-0.05, 0) is 31.0 Å². The van der Waals surface area contributed by atoms with E-state index in [-0.39, 0.29) is 5.82 Å². The average Bonchev–Trinajstić information content (AvgIpc) is 2.67. The molecule has 5 heteroatoms. The monoisotopic (exact) mass is 290 g/mol. The van der Waals surface area contributed by atoms with Crippen molar-refractivity contribution in [2.75, 3.05) is 0 Å². The smallest absolute Gasteiger partial charge is 0.310 e. The lowest BCUT2D eigenvalue weighted by atomic mass is 9.77. The van der Waals surface area contributed by atoms with Crippen molar-refractivity contribution in [1.29, 1.82) is 0 Å². The molecule has 0 atom stereocenters. The molecule has 0 bridgehead atoms. The first kappa shape index (κ1) is 14.0. The number of aromatic amines is 1. The Bertz CT molecular complexity index is 657. The van der Waals surface area contributed by atoms with Crippen LogP contribution in [-0.4, -0.2) is 21.0 Å². The summed E-state index contributed by atoms with van der Waals surface area (Å²) in [6.45, 7) is 0. The van der Waals surface area contributed by atoms with E-state index < -0.39 is 11.4 Å². The summed E-state index contributed by atoms with van der Waals surface area (Å²) in [6, 6.07) is 4.38. The normalized spacial score (nSPS) is 18.5. The highest BCUT2D eigenvalue weighted by molar-refractivity contribution is 5.77. The average molecular weight is 290 g/mol. The summed E-state index contributed by atoms with van der Waals surface area (Å²) >= 11 is 0. The maximum absolute atomic E-state index is 13.2. The summed E-state index contributed by atoms with van der Waals surface area (Å²) in [7, 11) is 0. The van der Waals surface area contributed by atoms with E-state index in [4.69, 9.17) is 0 Å². The first-order valence-electron chi connectivity index (χ1n) is 7.47. The number of fused-ring (bicyclic) bond motifs is 1. The molecule has 3 rings (SSSR count). The molecule has 1 fully saturated rings. The Hall–Kier alpha value is -1.91. The van der Waals surface area contributed by atoms with Gasteiger partial charge in [-0.3, -0.25) is 4.79 Å². The molecule has 0 saturated heterocycles. The molecule has 4 nitrogen and oxygen atoms in total. The number of aromatic nitrogens is 2. The Morgan fingerprint density at radius 2 is 2.00 bits per heavy atom. The number of aliphatic carboxylic acids is 1. The van der Waals surface area contributed by atoms with Crippen molar-refractivity contribution in [3.05, 3.63) is 29.8 Å². The quantitative estimate of drug-likeness (QED) is 0.848. The molecule has 1 saturated carbocycles. The van der Waals surface area contributed by atoms with E-state index in [9.17, 15) is 14.3 Å². The van der Waals surface area contributed by atoms with Crippen LogP contribution in [0.5, 0.6) is 0 Å². The zero-order valence-electron chi connectivity index (χ0n) is 11.9. The first-order chi connectivity index (χ1) is 10.1. The number of benzene rings is 1. The van der Waals surface area contributed by atoms with Crippen LogP contribution in [0.4, 0.5) is 4.39 Å². The Morgan fingerprint density at radius 1 is 1.29 bits per heavy atom. The summed E-state index contributed by atoms with van der Waals surface area (Å²) in [5, 5.41) is 9.69. The molecule has 1 aliphatic carbocycles. The van der Waals surface area contributed by atoms with Gasteiger partial charge in [-0.2, -0.15) is 0 Å². The van der Waals surface area contributed by atoms with E-state index >= 15 is 0 Å². The minimum Gasteiger partial charge on any atom is -0.481 e. The zero-order chi connectivity index (χ0) is 14.9. The number of hydrogen-bond acceptors (Lipinski definition) is 2. The van der Waals surface area contributed by atoms with Crippen LogP contribution in [0.1, 0.15) is 44.3 Å². The SMILES string of the molecule is O=C(O)C1(Cc2nc3ccc(F)cc3[nH]2)CCCCCC1. The molecule has 1 aliphatic rings. The predicted molar refractivity (Wildman–Crippen MR) is 77.5 cm³/mol. The Labute approximate surface area is 122 Å². The highest BCUT2D eigenvalue weighted by Gasteiger charge is 2.39. The fourth-order valence-electron chi connectivity index (χ4n) is 3.31. The third kappa shape index (κ3) is 2.77. The van der Waals surface area contributed by atoms with Crippen LogP contribution < -0.4 is 0 Å². The second-order valence-corrected chi connectivity index (χ2v) is 6.02. The van der Waals surface area contributed by atoms with Gasteiger partial charge in [-0.15, -0.1) is 0 Å². The number of carboxylic acids is 1. The van der Waals surface area contributed by atoms with Gasteiger partial charge in [-0.25, -0.2) is 9.37 Å². The lowest BCUT2D eigenvalue weighted by Gasteiger charge is -2.26. The van der Waals surface area contributed by atoms with Gasteiger partial charge in [0.2, 0.25) is 0 Å². The number of hydrogen-bond donors (Lipinski definition) is 2. The van der Waals surface area contributed by atoms with Gasteiger partial charge in [0.05, 0.1) is 16.4 Å². The van der Waals surface area contributed by atoms with Gasteiger partial charge in [0, 0.05) is 6.42 Å². The van der Waals surface area contributed by atoms with Crippen LogP contribution in [0.3, 0.4) is 0 Å². The van der Waals surface area contributed by atoms with Gasteiger partial charge in [0.1, 0.15) is 11.6 Å². The third-order valence-electron chi connectivity index (χ3n) is 4.51. The van der Waals surface area contributed by atoms with Crippen molar-refractivity contribution < 1.29 is 14.3 Å². The minimum atomic E-state index is -0.740. The molecule has 1 aromatic heterocycles. The molecule has 0 radical (unpaired) electrons. The number of nitrogens with one attached hydrogen (secondary N) is 1. The van der Waals surface area contributed by atoms with Crippen molar-refractivity contribution in [1.82, 2.24) is 9.97 Å². The molecule has 21 heavy (non-hydrogen) atoms. The topological polar surface area (TPSA) is 66.0 Å². The number of nitrogens with zero attached hydrogens (tertiary/aromatic N) is 1. The van der Waals surface area contributed by atoms with Gasteiger partial charge in [0.25, 0.3) is 0 Å². The van der Waals surface area contributed by atoms with E-state index in [0.29, 0.717) is 36.1 Å². The van der Waals surface area contributed by atoms with Crippen LogP contribution in [-0.2, 0) is 11.2 Å². The maximum Gasteiger partial charge on any atom is 0.310 e. The molecule has 0 aliphatic heterocycles. The van der Waals surface area contributed by atoms with E-state index in [2.05, 4.69) is 9.97 Å². The molecule has 1 heterocycles. The molecular weight excluding hydrogens is 271 g/mol. The Kier molecular flexibility index (Phi) is 3.66. The summed E-state index contributed by atoms with van der Waals surface area (Å²) in [6.07, 6.45) is 5.85. The number of halogens is 1. The second-order valence-electron chi connectivity index (χ2n) is 6.02. The molecule has 1 aromatic carbocycles. The number of rotatable bonds is 3. The fraction of sp³-hybridized carbons (Fsp3) is 0.500. The van der Waals surface area contributed by atoms with Gasteiger partial charge in [-0.1, -0.05) is 25.7 Å². The van der Waals surface area contributed by atoms with Crippen molar-refractivity contribution in [2.45, 2.75) is 44.9 Å².